The average molecular weight is 310 g/mol. The van der Waals surface area contributed by atoms with Crippen LogP contribution in [0.15, 0.2) is 36.9 Å². The molecule has 0 bridgehead atoms. The molecule has 3 rings (SSSR count). The summed E-state index contributed by atoms with van der Waals surface area (Å²) in [6.45, 7) is 5.46. The molecule has 2 aromatic heterocycles. The quantitative estimate of drug-likeness (QED) is 0.736. The van der Waals surface area contributed by atoms with E-state index in [4.69, 9.17) is 5.73 Å². The molecule has 0 unspecified atom stereocenters. The van der Waals surface area contributed by atoms with E-state index in [2.05, 4.69) is 52.3 Å². The standard InChI is InChI=1S/C16H20N5Si/c1-22(2)8-7-12-3-5-13(6-4-12)9-21-11-20-14-15(17)18-10-19-16(14)21/h3-6,10-11H,7-9H2,1-2H3,(H2,17,18,19). The highest BCUT2D eigenvalue weighted by molar-refractivity contribution is 6.55. The largest absolute Gasteiger partial charge is 0.382 e. The molecule has 113 valence electrons. The molecule has 0 saturated carbocycles. The first-order valence-electron chi connectivity index (χ1n) is 7.41. The average Bonchev–Trinajstić information content (AvgIpc) is 2.91. The van der Waals surface area contributed by atoms with Crippen molar-refractivity contribution >= 4 is 25.8 Å². The normalized spacial score (nSPS) is 11.4. The van der Waals surface area contributed by atoms with Gasteiger partial charge in [0.05, 0.1) is 12.9 Å². The Morgan fingerprint density at radius 1 is 1.05 bits per heavy atom. The van der Waals surface area contributed by atoms with Crippen molar-refractivity contribution < 1.29 is 0 Å². The Morgan fingerprint density at radius 2 is 1.77 bits per heavy atom. The second kappa shape index (κ2) is 6.27. The zero-order valence-electron chi connectivity index (χ0n) is 13.0. The highest BCUT2D eigenvalue weighted by Gasteiger charge is 2.08. The number of imidazole rings is 1. The minimum Gasteiger partial charge on any atom is -0.382 e. The summed E-state index contributed by atoms with van der Waals surface area (Å²) in [6, 6.07) is 10.1. The molecule has 6 heteroatoms. The summed E-state index contributed by atoms with van der Waals surface area (Å²) in [6.07, 6.45) is 4.43. The molecule has 3 aromatic rings. The molecule has 0 spiro atoms. The van der Waals surface area contributed by atoms with Crippen LogP contribution in [0.25, 0.3) is 11.2 Å². The number of fused-ring (bicyclic) bond motifs is 1. The number of rotatable bonds is 5. The number of aromatic nitrogens is 4. The molecular weight excluding hydrogens is 290 g/mol. The Morgan fingerprint density at radius 3 is 2.50 bits per heavy atom. The Balaban J connectivity index is 1.76. The maximum absolute atomic E-state index is 5.82. The summed E-state index contributed by atoms with van der Waals surface area (Å²) in [5, 5.41) is 0. The second-order valence-corrected chi connectivity index (χ2v) is 8.74. The summed E-state index contributed by atoms with van der Waals surface area (Å²) in [4.78, 5) is 12.5. The van der Waals surface area contributed by atoms with Crippen LogP contribution in [-0.4, -0.2) is 28.3 Å². The van der Waals surface area contributed by atoms with Gasteiger partial charge >= 0.3 is 0 Å². The van der Waals surface area contributed by atoms with E-state index in [0.29, 0.717) is 11.3 Å². The fourth-order valence-corrected chi connectivity index (χ4v) is 3.21. The van der Waals surface area contributed by atoms with Crippen LogP contribution in [-0.2, 0) is 13.0 Å². The molecule has 0 aliphatic carbocycles. The van der Waals surface area contributed by atoms with Crippen molar-refractivity contribution in [3.8, 4) is 0 Å². The molecule has 2 heterocycles. The molecule has 5 nitrogen and oxygen atoms in total. The predicted octanol–water partition coefficient (Wildman–Crippen LogP) is 2.75. The molecule has 1 radical (unpaired) electrons. The first-order valence-corrected chi connectivity index (χ1v) is 10.1. The van der Waals surface area contributed by atoms with Crippen molar-refractivity contribution in [3.63, 3.8) is 0 Å². The summed E-state index contributed by atoms with van der Waals surface area (Å²) >= 11 is 0. The van der Waals surface area contributed by atoms with Gasteiger partial charge in [0.1, 0.15) is 11.8 Å². The van der Waals surface area contributed by atoms with Gasteiger partial charge in [-0.3, -0.25) is 0 Å². The van der Waals surface area contributed by atoms with Crippen LogP contribution in [0, 0.1) is 0 Å². The van der Waals surface area contributed by atoms with Crippen LogP contribution in [0.3, 0.4) is 0 Å². The van der Waals surface area contributed by atoms with Gasteiger partial charge < -0.3 is 10.3 Å². The number of aryl methyl sites for hydroxylation is 1. The van der Waals surface area contributed by atoms with Crippen LogP contribution in [0.5, 0.6) is 0 Å². The molecule has 0 amide bonds. The molecule has 0 fully saturated rings. The van der Waals surface area contributed by atoms with Gasteiger partial charge in [0.15, 0.2) is 11.5 Å². The number of anilines is 1. The van der Waals surface area contributed by atoms with Gasteiger partial charge in [0, 0.05) is 8.80 Å². The second-order valence-electron chi connectivity index (χ2n) is 5.83. The Labute approximate surface area is 131 Å². The molecule has 22 heavy (non-hydrogen) atoms. The third-order valence-electron chi connectivity index (χ3n) is 3.72. The monoisotopic (exact) mass is 310 g/mol. The lowest BCUT2D eigenvalue weighted by molar-refractivity contribution is 0.812. The third kappa shape index (κ3) is 3.17. The van der Waals surface area contributed by atoms with Gasteiger partial charge in [-0.2, -0.15) is 0 Å². The number of nitrogen functional groups attached to an aromatic ring is 1. The third-order valence-corrected chi connectivity index (χ3v) is 4.97. The smallest absolute Gasteiger partial charge is 0.165 e. The molecular formula is C16H20N5Si. The first kappa shape index (κ1) is 14.7. The summed E-state index contributed by atoms with van der Waals surface area (Å²) in [5.41, 5.74) is 9.91. The minimum absolute atomic E-state index is 0.149. The summed E-state index contributed by atoms with van der Waals surface area (Å²) < 4.78 is 2.00. The number of benzene rings is 1. The Kier molecular flexibility index (Phi) is 4.19. The van der Waals surface area contributed by atoms with Crippen LogP contribution in [0.1, 0.15) is 11.1 Å². The highest BCUT2D eigenvalue weighted by Crippen LogP contribution is 2.16. The van der Waals surface area contributed by atoms with Gasteiger partial charge in [-0.1, -0.05) is 43.4 Å². The van der Waals surface area contributed by atoms with Crippen molar-refractivity contribution in [1.29, 1.82) is 0 Å². The van der Waals surface area contributed by atoms with E-state index < -0.39 is 0 Å². The van der Waals surface area contributed by atoms with E-state index >= 15 is 0 Å². The number of nitrogens with zero attached hydrogens (tertiary/aromatic N) is 4. The minimum atomic E-state index is -0.149. The van der Waals surface area contributed by atoms with E-state index in [1.54, 1.807) is 6.33 Å². The number of hydrogen-bond donors (Lipinski definition) is 1. The van der Waals surface area contributed by atoms with Crippen molar-refractivity contribution in [2.75, 3.05) is 5.73 Å². The Hall–Kier alpha value is -2.21. The summed E-state index contributed by atoms with van der Waals surface area (Å²) in [5.74, 6) is 0.427. The zero-order valence-corrected chi connectivity index (χ0v) is 14.0. The van der Waals surface area contributed by atoms with Crippen LogP contribution >= 0.6 is 0 Å². The SMILES string of the molecule is C[Si](C)CCc1ccc(Cn2cnc3c(N)ncnc32)cc1. The first-order chi connectivity index (χ1) is 10.6. The van der Waals surface area contributed by atoms with Gasteiger partial charge in [-0.15, -0.1) is 0 Å². The van der Waals surface area contributed by atoms with Crippen LogP contribution in [0.4, 0.5) is 5.82 Å². The maximum Gasteiger partial charge on any atom is 0.165 e. The van der Waals surface area contributed by atoms with Crippen LogP contribution < -0.4 is 5.73 Å². The lowest BCUT2D eigenvalue weighted by Crippen LogP contribution is -2.02. The van der Waals surface area contributed by atoms with Gasteiger partial charge in [0.2, 0.25) is 0 Å². The number of hydrogen-bond acceptors (Lipinski definition) is 4. The molecule has 0 aliphatic rings. The summed E-state index contributed by atoms with van der Waals surface area (Å²) in [7, 11) is -0.149. The zero-order chi connectivity index (χ0) is 15.5. The van der Waals surface area contributed by atoms with Crippen LogP contribution in [0.2, 0.25) is 19.1 Å². The molecule has 0 saturated heterocycles. The van der Waals surface area contributed by atoms with Gasteiger partial charge in [0.25, 0.3) is 0 Å². The molecule has 0 aliphatic heterocycles. The fraction of sp³-hybridized carbons (Fsp3) is 0.312. The highest BCUT2D eigenvalue weighted by atomic mass is 28.3. The van der Waals surface area contributed by atoms with E-state index in [0.717, 1.165) is 12.2 Å². The Bertz CT molecular complexity index is 764. The molecule has 1 aromatic carbocycles. The van der Waals surface area contributed by atoms with Crippen molar-refractivity contribution in [2.24, 2.45) is 0 Å². The number of nitrogens with two attached hydrogens (primary N) is 1. The fourth-order valence-electron chi connectivity index (χ4n) is 2.42. The van der Waals surface area contributed by atoms with Crippen molar-refractivity contribution in [3.05, 3.63) is 48.0 Å². The topological polar surface area (TPSA) is 69.6 Å². The lowest BCUT2D eigenvalue weighted by Gasteiger charge is -2.07. The van der Waals surface area contributed by atoms with E-state index in [1.807, 2.05) is 4.57 Å². The van der Waals surface area contributed by atoms with E-state index in [9.17, 15) is 0 Å². The molecule has 0 atom stereocenters. The predicted molar refractivity (Wildman–Crippen MR) is 91.3 cm³/mol. The lowest BCUT2D eigenvalue weighted by atomic mass is 10.1. The maximum atomic E-state index is 5.82. The van der Waals surface area contributed by atoms with E-state index in [1.165, 1.54) is 29.9 Å². The van der Waals surface area contributed by atoms with Crippen molar-refractivity contribution in [2.45, 2.75) is 32.1 Å². The van der Waals surface area contributed by atoms with Gasteiger partial charge in [-0.25, -0.2) is 15.0 Å². The van der Waals surface area contributed by atoms with Crippen molar-refractivity contribution in [1.82, 2.24) is 19.5 Å². The van der Waals surface area contributed by atoms with Gasteiger partial charge in [-0.05, 0) is 17.5 Å². The molecule has 2 N–H and O–H groups in total. The van der Waals surface area contributed by atoms with E-state index in [-0.39, 0.29) is 8.80 Å².